The highest BCUT2D eigenvalue weighted by molar-refractivity contribution is 5.76. The maximum Gasteiger partial charge on any atom is 0.150 e. The van der Waals surface area contributed by atoms with E-state index in [0.717, 1.165) is 53.2 Å². The van der Waals surface area contributed by atoms with Gasteiger partial charge in [-0.05, 0) is 25.0 Å². The molecule has 7 nitrogen and oxygen atoms in total. The van der Waals surface area contributed by atoms with E-state index in [1.807, 2.05) is 78.9 Å². The number of carbonyl (C=O) groups is 1. The minimum absolute atomic E-state index is 0.120. The molecular weight excluding hydrogens is 504 g/mol. The van der Waals surface area contributed by atoms with Crippen LogP contribution in [0.3, 0.4) is 0 Å². The molecule has 7 heteroatoms. The molecule has 3 aromatic carbocycles. The van der Waals surface area contributed by atoms with Crippen molar-refractivity contribution in [2.24, 2.45) is 0 Å². The van der Waals surface area contributed by atoms with E-state index >= 15 is 0 Å². The van der Waals surface area contributed by atoms with Gasteiger partial charge in [0.05, 0.1) is 13.2 Å². The summed E-state index contributed by atoms with van der Waals surface area (Å²) in [6.07, 6.45) is 2.25. The zero-order valence-electron chi connectivity index (χ0n) is 22.7. The third-order valence-corrected chi connectivity index (χ3v) is 6.84. The first-order valence-corrected chi connectivity index (χ1v) is 13.5. The molecule has 204 valence electrons. The number of benzene rings is 3. The van der Waals surface area contributed by atoms with Crippen molar-refractivity contribution in [2.45, 2.75) is 38.5 Å². The van der Waals surface area contributed by atoms with Crippen molar-refractivity contribution < 1.29 is 23.3 Å². The molecule has 0 fully saturated rings. The van der Waals surface area contributed by atoms with E-state index < -0.39 is 0 Å². The second-order valence-corrected chi connectivity index (χ2v) is 9.89. The standard InChI is InChI=1S/C33H32N2O5/c1-23(32-20-30(34-39-32)26-9-5-3-6-10-26)13-15-37-28-17-25(22-36)18-29(19-28)38-16-14-24(2)33-21-31(35-40-33)27-11-7-4-8-12-27/h3-12,17-24H,13-16H2,1-2H3. The first-order chi connectivity index (χ1) is 19.6. The number of ether oxygens (including phenoxy) is 2. The highest BCUT2D eigenvalue weighted by Gasteiger charge is 2.15. The van der Waals surface area contributed by atoms with Crippen LogP contribution in [0.1, 0.15) is 60.4 Å². The van der Waals surface area contributed by atoms with Crippen molar-refractivity contribution in [3.05, 3.63) is 108 Å². The van der Waals surface area contributed by atoms with Gasteiger partial charge >= 0.3 is 0 Å². The SMILES string of the molecule is CC(CCOc1cc(C=O)cc(OCCC(C)c2cc(-c3ccccc3)no2)c1)c1cc(-c2ccccc2)no1. The third kappa shape index (κ3) is 6.86. The van der Waals surface area contributed by atoms with E-state index in [0.29, 0.717) is 30.3 Å². The molecule has 5 aromatic rings. The van der Waals surface area contributed by atoms with Crippen LogP contribution in [-0.2, 0) is 0 Å². The second-order valence-electron chi connectivity index (χ2n) is 9.89. The molecule has 2 atom stereocenters. The molecule has 5 rings (SSSR count). The Morgan fingerprint density at radius 3 is 1.55 bits per heavy atom. The summed E-state index contributed by atoms with van der Waals surface area (Å²) >= 11 is 0. The molecule has 0 N–H and O–H groups in total. The maximum atomic E-state index is 11.5. The van der Waals surface area contributed by atoms with Gasteiger partial charge in [0.15, 0.2) is 0 Å². The van der Waals surface area contributed by atoms with Crippen LogP contribution in [0.4, 0.5) is 0 Å². The van der Waals surface area contributed by atoms with E-state index in [-0.39, 0.29) is 11.8 Å². The van der Waals surface area contributed by atoms with E-state index in [2.05, 4.69) is 24.2 Å². The molecule has 0 aliphatic heterocycles. The Labute approximate surface area is 233 Å². The predicted molar refractivity (Wildman–Crippen MR) is 153 cm³/mol. The summed E-state index contributed by atoms with van der Waals surface area (Å²) in [5.74, 6) is 3.04. The summed E-state index contributed by atoms with van der Waals surface area (Å²) in [6.45, 7) is 5.06. The Bertz CT molecular complexity index is 1400. The molecule has 2 heterocycles. The minimum Gasteiger partial charge on any atom is -0.493 e. The monoisotopic (exact) mass is 536 g/mol. The highest BCUT2D eigenvalue weighted by atomic mass is 16.5. The van der Waals surface area contributed by atoms with Crippen molar-refractivity contribution in [1.29, 1.82) is 0 Å². The molecule has 0 amide bonds. The normalized spacial score (nSPS) is 12.6. The Kier molecular flexibility index (Phi) is 8.71. The molecule has 40 heavy (non-hydrogen) atoms. The van der Waals surface area contributed by atoms with Gasteiger partial charge in [-0.25, -0.2) is 0 Å². The molecule has 0 aliphatic rings. The average Bonchev–Trinajstić information content (AvgIpc) is 3.69. The first-order valence-electron chi connectivity index (χ1n) is 13.5. The Hall–Kier alpha value is -4.65. The summed E-state index contributed by atoms with van der Waals surface area (Å²) in [7, 11) is 0. The molecule has 0 spiro atoms. The number of carbonyl (C=O) groups excluding carboxylic acids is 1. The zero-order chi connectivity index (χ0) is 27.7. The highest BCUT2D eigenvalue weighted by Crippen LogP contribution is 2.28. The maximum absolute atomic E-state index is 11.5. The molecule has 2 unspecified atom stereocenters. The molecule has 0 saturated carbocycles. The molecule has 0 saturated heterocycles. The van der Waals surface area contributed by atoms with Crippen molar-refractivity contribution in [1.82, 2.24) is 10.3 Å². The lowest BCUT2D eigenvalue weighted by molar-refractivity contribution is 0.112. The van der Waals surface area contributed by atoms with Crippen LogP contribution < -0.4 is 9.47 Å². The fourth-order valence-corrected chi connectivity index (χ4v) is 4.35. The number of hydrogen-bond acceptors (Lipinski definition) is 7. The lowest BCUT2D eigenvalue weighted by atomic mass is 10.0. The molecule has 0 aliphatic carbocycles. The topological polar surface area (TPSA) is 87.6 Å². The van der Waals surface area contributed by atoms with Crippen LogP contribution in [0.2, 0.25) is 0 Å². The van der Waals surface area contributed by atoms with Gasteiger partial charge in [0.25, 0.3) is 0 Å². The van der Waals surface area contributed by atoms with Crippen molar-refractivity contribution in [3.63, 3.8) is 0 Å². The van der Waals surface area contributed by atoms with Crippen LogP contribution in [-0.4, -0.2) is 29.8 Å². The van der Waals surface area contributed by atoms with Crippen molar-refractivity contribution in [3.8, 4) is 34.0 Å². The van der Waals surface area contributed by atoms with Gasteiger partial charge in [0, 0.05) is 46.7 Å². The lowest BCUT2D eigenvalue weighted by Gasteiger charge is -2.13. The summed E-state index contributed by atoms with van der Waals surface area (Å²) in [5, 5.41) is 8.41. The first kappa shape index (κ1) is 26.9. The fourth-order valence-electron chi connectivity index (χ4n) is 4.35. The largest absolute Gasteiger partial charge is 0.493 e. The molecule has 0 bridgehead atoms. The molecular formula is C33H32N2O5. The Morgan fingerprint density at radius 2 is 1.12 bits per heavy atom. The van der Waals surface area contributed by atoms with Gasteiger partial charge in [-0.1, -0.05) is 84.8 Å². The number of hydrogen-bond donors (Lipinski definition) is 0. The van der Waals surface area contributed by atoms with Gasteiger partial charge < -0.3 is 18.5 Å². The van der Waals surface area contributed by atoms with E-state index in [9.17, 15) is 4.79 Å². The minimum atomic E-state index is 0.120. The van der Waals surface area contributed by atoms with E-state index in [1.54, 1.807) is 12.1 Å². The second kappa shape index (κ2) is 12.9. The van der Waals surface area contributed by atoms with Gasteiger partial charge in [0.2, 0.25) is 0 Å². The predicted octanol–water partition coefficient (Wildman–Crippen LogP) is 7.95. The van der Waals surface area contributed by atoms with Crippen LogP contribution in [0, 0.1) is 0 Å². The summed E-state index contributed by atoms with van der Waals surface area (Å²) in [4.78, 5) is 11.5. The summed E-state index contributed by atoms with van der Waals surface area (Å²) in [5.41, 5.74) is 4.17. The molecule has 0 radical (unpaired) electrons. The van der Waals surface area contributed by atoms with Crippen LogP contribution in [0.5, 0.6) is 11.5 Å². The average molecular weight is 537 g/mol. The van der Waals surface area contributed by atoms with Gasteiger partial charge in [-0.15, -0.1) is 0 Å². The van der Waals surface area contributed by atoms with Crippen LogP contribution in [0.25, 0.3) is 22.5 Å². The molecule has 2 aromatic heterocycles. The third-order valence-electron chi connectivity index (χ3n) is 6.84. The zero-order valence-corrected chi connectivity index (χ0v) is 22.7. The number of rotatable bonds is 13. The summed E-state index contributed by atoms with van der Waals surface area (Å²) < 4.78 is 23.1. The Morgan fingerprint density at radius 1 is 0.675 bits per heavy atom. The lowest BCUT2D eigenvalue weighted by Crippen LogP contribution is -2.05. The number of nitrogens with zero attached hydrogens (tertiary/aromatic N) is 2. The summed E-state index contributed by atoms with van der Waals surface area (Å²) in [6, 6.07) is 29.1. The van der Waals surface area contributed by atoms with Crippen LogP contribution in [0.15, 0.2) is 100 Å². The quantitative estimate of drug-likeness (QED) is 0.141. The van der Waals surface area contributed by atoms with E-state index in [1.165, 1.54) is 0 Å². The Balaban J connectivity index is 1.12. The van der Waals surface area contributed by atoms with Gasteiger partial charge in [-0.2, -0.15) is 0 Å². The van der Waals surface area contributed by atoms with Gasteiger partial charge in [-0.3, -0.25) is 4.79 Å². The van der Waals surface area contributed by atoms with Gasteiger partial charge in [0.1, 0.15) is 40.7 Å². The van der Waals surface area contributed by atoms with Crippen molar-refractivity contribution in [2.75, 3.05) is 13.2 Å². The van der Waals surface area contributed by atoms with E-state index in [4.69, 9.17) is 18.5 Å². The number of aldehydes is 1. The fraction of sp³-hybridized carbons (Fsp3) is 0.242. The smallest absolute Gasteiger partial charge is 0.150 e. The van der Waals surface area contributed by atoms with Crippen LogP contribution >= 0.6 is 0 Å². The number of aromatic nitrogens is 2. The van der Waals surface area contributed by atoms with Crippen molar-refractivity contribution >= 4 is 6.29 Å².